The second-order valence-corrected chi connectivity index (χ2v) is 8.49. The highest BCUT2D eigenvalue weighted by Crippen LogP contribution is 2.37. The topological polar surface area (TPSA) is 102 Å². The van der Waals surface area contributed by atoms with Crippen LogP contribution >= 0.6 is 11.3 Å². The van der Waals surface area contributed by atoms with Gasteiger partial charge >= 0.3 is 5.63 Å². The van der Waals surface area contributed by atoms with E-state index in [9.17, 15) is 14.4 Å². The molecule has 0 saturated heterocycles. The van der Waals surface area contributed by atoms with E-state index < -0.39 is 11.5 Å². The van der Waals surface area contributed by atoms with Crippen molar-refractivity contribution in [2.24, 2.45) is 0 Å². The number of nitrogens with zero attached hydrogens (tertiary/aromatic N) is 2. The van der Waals surface area contributed by atoms with E-state index in [0.717, 1.165) is 10.4 Å². The Hall–Kier alpha value is -3.98. The summed E-state index contributed by atoms with van der Waals surface area (Å²) in [7, 11) is 1.70. The Labute approximate surface area is 186 Å². The van der Waals surface area contributed by atoms with Crippen molar-refractivity contribution in [1.82, 2.24) is 4.98 Å². The van der Waals surface area contributed by atoms with Crippen molar-refractivity contribution in [2.45, 2.75) is 6.92 Å². The summed E-state index contributed by atoms with van der Waals surface area (Å²) in [6.07, 6.45) is 0. The van der Waals surface area contributed by atoms with E-state index in [-0.39, 0.29) is 18.1 Å². The summed E-state index contributed by atoms with van der Waals surface area (Å²) in [5.74, 6) is -0.0962. The minimum absolute atomic E-state index is 0.0114. The van der Waals surface area contributed by atoms with Crippen molar-refractivity contribution < 1.29 is 18.7 Å². The molecule has 0 bridgehead atoms. The minimum atomic E-state index is -0.711. The van der Waals surface area contributed by atoms with Crippen LogP contribution in [-0.4, -0.2) is 30.5 Å². The van der Waals surface area contributed by atoms with Gasteiger partial charge < -0.3 is 14.1 Å². The molecule has 2 aromatic heterocycles. The first kappa shape index (κ1) is 20.0. The molecule has 0 saturated carbocycles. The third-order valence-corrected chi connectivity index (χ3v) is 6.11. The number of benzene rings is 2. The van der Waals surface area contributed by atoms with Crippen LogP contribution in [0.25, 0.3) is 22.2 Å². The smallest absolute Gasteiger partial charge is 0.349 e. The largest absolute Gasteiger partial charge is 0.482 e. The molecular formula is C23H17N3O5S. The monoisotopic (exact) mass is 447 g/mol. The number of anilines is 2. The highest BCUT2D eigenvalue weighted by Gasteiger charge is 2.24. The van der Waals surface area contributed by atoms with Crippen LogP contribution in [0.4, 0.5) is 10.8 Å². The van der Waals surface area contributed by atoms with Crippen LogP contribution in [0.5, 0.6) is 5.75 Å². The second kappa shape index (κ2) is 7.61. The molecule has 0 aliphatic carbocycles. The van der Waals surface area contributed by atoms with Crippen LogP contribution in [0.15, 0.2) is 57.7 Å². The van der Waals surface area contributed by atoms with Crippen LogP contribution in [0, 0.1) is 6.92 Å². The van der Waals surface area contributed by atoms with Gasteiger partial charge in [-0.05, 0) is 37.3 Å². The number of carbonyl (C=O) groups is 2. The Balaban J connectivity index is 1.45. The molecule has 1 aliphatic heterocycles. The van der Waals surface area contributed by atoms with Crippen molar-refractivity contribution in [1.29, 1.82) is 0 Å². The quantitative estimate of drug-likeness (QED) is 0.479. The van der Waals surface area contributed by atoms with Gasteiger partial charge in [0.25, 0.3) is 11.8 Å². The van der Waals surface area contributed by atoms with E-state index in [1.807, 2.05) is 19.1 Å². The lowest BCUT2D eigenvalue weighted by Gasteiger charge is -2.26. The molecule has 9 heteroatoms. The normalized spacial score (nSPS) is 13.1. The van der Waals surface area contributed by atoms with Gasteiger partial charge in [-0.25, -0.2) is 9.78 Å². The number of para-hydroxylation sites is 1. The standard InChI is InChI=1S/C23H17N3O5S/c1-12-20(14-7-8-18-16(10-14)26(2)19(27)11-30-18)24-23(32-12)25-21(28)15-9-13-5-3-4-6-17(13)31-22(15)29/h3-10H,11H2,1-2H3,(H,24,25,28). The van der Waals surface area contributed by atoms with Crippen LogP contribution in [0.3, 0.4) is 0 Å². The van der Waals surface area contributed by atoms with Crippen LogP contribution < -0.4 is 20.6 Å². The number of amides is 2. The van der Waals surface area contributed by atoms with E-state index in [0.29, 0.717) is 33.2 Å². The third kappa shape index (κ3) is 3.42. The van der Waals surface area contributed by atoms with Gasteiger partial charge in [-0.3, -0.25) is 14.9 Å². The number of thiazole rings is 1. The Kier molecular flexibility index (Phi) is 4.75. The minimum Gasteiger partial charge on any atom is -0.482 e. The van der Waals surface area contributed by atoms with Gasteiger partial charge in [0.1, 0.15) is 16.9 Å². The predicted molar refractivity (Wildman–Crippen MR) is 122 cm³/mol. The van der Waals surface area contributed by atoms with Crippen molar-refractivity contribution in [3.05, 3.63) is 69.4 Å². The van der Waals surface area contributed by atoms with Gasteiger partial charge in [0, 0.05) is 22.9 Å². The summed E-state index contributed by atoms with van der Waals surface area (Å²) in [5.41, 5.74) is 1.73. The first-order valence-electron chi connectivity index (χ1n) is 9.76. The van der Waals surface area contributed by atoms with Crippen molar-refractivity contribution >= 4 is 44.9 Å². The molecule has 1 N–H and O–H groups in total. The molecule has 32 heavy (non-hydrogen) atoms. The molecule has 2 aromatic carbocycles. The Morgan fingerprint density at radius 2 is 1.97 bits per heavy atom. The summed E-state index contributed by atoms with van der Waals surface area (Å²) in [6, 6.07) is 14.0. The average Bonchev–Trinajstić information content (AvgIpc) is 3.15. The number of ether oxygens (including phenoxy) is 1. The molecular weight excluding hydrogens is 430 g/mol. The van der Waals surface area contributed by atoms with Crippen LogP contribution in [0.2, 0.25) is 0 Å². The van der Waals surface area contributed by atoms with Gasteiger partial charge in [0.2, 0.25) is 0 Å². The van der Waals surface area contributed by atoms with E-state index in [1.165, 1.54) is 17.4 Å². The molecule has 0 fully saturated rings. The lowest BCUT2D eigenvalue weighted by atomic mass is 10.1. The number of likely N-dealkylation sites (N-methyl/N-ethyl adjacent to an activating group) is 1. The number of carbonyl (C=O) groups excluding carboxylic acids is 2. The van der Waals surface area contributed by atoms with Crippen molar-refractivity contribution in [3.63, 3.8) is 0 Å². The summed E-state index contributed by atoms with van der Waals surface area (Å²) in [6.45, 7) is 1.90. The molecule has 4 aromatic rings. The Bertz CT molecular complexity index is 1460. The average molecular weight is 447 g/mol. The highest BCUT2D eigenvalue weighted by molar-refractivity contribution is 7.16. The number of aryl methyl sites for hydroxylation is 1. The van der Waals surface area contributed by atoms with Crippen LogP contribution in [0.1, 0.15) is 15.2 Å². The van der Waals surface area contributed by atoms with Crippen molar-refractivity contribution in [3.8, 4) is 17.0 Å². The molecule has 3 heterocycles. The van der Waals surface area contributed by atoms with Gasteiger partial charge in [-0.2, -0.15) is 0 Å². The molecule has 0 radical (unpaired) electrons. The summed E-state index contributed by atoms with van der Waals surface area (Å²) < 4.78 is 10.7. The SMILES string of the molecule is Cc1sc(NC(=O)c2cc3ccccc3oc2=O)nc1-c1ccc2c(c1)N(C)C(=O)CO2. The first-order chi connectivity index (χ1) is 15.4. The lowest BCUT2D eigenvalue weighted by molar-refractivity contribution is -0.120. The van der Waals surface area contributed by atoms with Gasteiger partial charge in [-0.1, -0.05) is 18.2 Å². The maximum Gasteiger partial charge on any atom is 0.349 e. The second-order valence-electron chi connectivity index (χ2n) is 7.29. The van der Waals surface area contributed by atoms with E-state index >= 15 is 0 Å². The number of aromatic nitrogens is 1. The fourth-order valence-corrected chi connectivity index (χ4v) is 4.35. The van der Waals surface area contributed by atoms with E-state index in [4.69, 9.17) is 9.15 Å². The van der Waals surface area contributed by atoms with Crippen molar-refractivity contribution in [2.75, 3.05) is 23.9 Å². The maximum absolute atomic E-state index is 12.7. The maximum atomic E-state index is 12.7. The highest BCUT2D eigenvalue weighted by atomic mass is 32.1. The number of nitrogens with one attached hydrogen (secondary N) is 1. The number of fused-ring (bicyclic) bond motifs is 2. The molecule has 160 valence electrons. The molecule has 0 unspecified atom stereocenters. The molecule has 1 aliphatic rings. The Morgan fingerprint density at radius 1 is 1.16 bits per heavy atom. The number of hydrogen-bond acceptors (Lipinski definition) is 7. The molecule has 8 nitrogen and oxygen atoms in total. The van der Waals surface area contributed by atoms with E-state index in [2.05, 4.69) is 10.3 Å². The summed E-state index contributed by atoms with van der Waals surface area (Å²) in [4.78, 5) is 43.9. The lowest BCUT2D eigenvalue weighted by Crippen LogP contribution is -2.35. The zero-order valence-corrected chi connectivity index (χ0v) is 18.0. The molecule has 5 rings (SSSR count). The fourth-order valence-electron chi connectivity index (χ4n) is 3.52. The molecule has 0 atom stereocenters. The third-order valence-electron chi connectivity index (χ3n) is 5.22. The molecule has 2 amide bonds. The van der Waals surface area contributed by atoms with Crippen LogP contribution in [-0.2, 0) is 4.79 Å². The number of rotatable bonds is 3. The summed E-state index contributed by atoms with van der Waals surface area (Å²) in [5, 5.41) is 3.70. The zero-order valence-electron chi connectivity index (χ0n) is 17.2. The predicted octanol–water partition coefficient (Wildman–Crippen LogP) is 3.83. The summed E-state index contributed by atoms with van der Waals surface area (Å²) >= 11 is 1.29. The van der Waals surface area contributed by atoms with Gasteiger partial charge in [0.15, 0.2) is 11.7 Å². The first-order valence-corrected chi connectivity index (χ1v) is 10.6. The molecule has 0 spiro atoms. The van der Waals surface area contributed by atoms with Gasteiger partial charge in [-0.15, -0.1) is 11.3 Å². The number of hydrogen-bond donors (Lipinski definition) is 1. The van der Waals surface area contributed by atoms with Gasteiger partial charge in [0.05, 0.1) is 11.4 Å². The Morgan fingerprint density at radius 3 is 2.81 bits per heavy atom. The fraction of sp³-hybridized carbons (Fsp3) is 0.130. The van der Waals surface area contributed by atoms with E-state index in [1.54, 1.807) is 42.3 Å². The zero-order chi connectivity index (χ0) is 22.4.